The third kappa shape index (κ3) is 2.85. The predicted molar refractivity (Wildman–Crippen MR) is 79.4 cm³/mol. The maximum absolute atomic E-state index is 6.12. The smallest absolute Gasteiger partial charge is 0.0485 e. The van der Waals surface area contributed by atoms with E-state index in [0.717, 1.165) is 16.3 Å². The van der Waals surface area contributed by atoms with Gasteiger partial charge in [0, 0.05) is 16.8 Å². The standard InChI is InChI=1S/C16H18ClN/c1-11-7-9-14(10-8-11)13(3)18-16-6-4-5-15(17)12(16)2/h4-10,13,18H,1-3H3. The summed E-state index contributed by atoms with van der Waals surface area (Å²) in [6.45, 7) is 6.29. The van der Waals surface area contributed by atoms with Crippen LogP contribution < -0.4 is 5.32 Å². The van der Waals surface area contributed by atoms with Gasteiger partial charge in [0.15, 0.2) is 0 Å². The molecule has 2 aromatic carbocycles. The van der Waals surface area contributed by atoms with Crippen LogP contribution in [0.15, 0.2) is 42.5 Å². The third-order valence-electron chi connectivity index (χ3n) is 3.22. The Kier molecular flexibility index (Phi) is 3.93. The van der Waals surface area contributed by atoms with Gasteiger partial charge in [0.25, 0.3) is 0 Å². The molecule has 2 heteroatoms. The Bertz CT molecular complexity index is 531. The van der Waals surface area contributed by atoms with Gasteiger partial charge in [-0.05, 0) is 44.0 Å². The summed E-state index contributed by atoms with van der Waals surface area (Å²) in [6, 6.07) is 14.8. The molecule has 94 valence electrons. The van der Waals surface area contributed by atoms with E-state index in [2.05, 4.69) is 49.5 Å². The molecule has 0 spiro atoms. The molecule has 0 radical (unpaired) electrons. The van der Waals surface area contributed by atoms with Gasteiger partial charge in [0.2, 0.25) is 0 Å². The molecule has 2 rings (SSSR count). The lowest BCUT2D eigenvalue weighted by Crippen LogP contribution is -2.07. The van der Waals surface area contributed by atoms with Crippen molar-refractivity contribution in [3.63, 3.8) is 0 Å². The van der Waals surface area contributed by atoms with Crippen LogP contribution in [0.2, 0.25) is 5.02 Å². The zero-order valence-electron chi connectivity index (χ0n) is 11.0. The van der Waals surface area contributed by atoms with E-state index >= 15 is 0 Å². The minimum Gasteiger partial charge on any atom is -0.378 e. The molecule has 0 aliphatic rings. The topological polar surface area (TPSA) is 12.0 Å². The van der Waals surface area contributed by atoms with Crippen LogP contribution in [-0.4, -0.2) is 0 Å². The number of hydrogen-bond donors (Lipinski definition) is 1. The molecule has 1 unspecified atom stereocenters. The van der Waals surface area contributed by atoms with E-state index in [1.165, 1.54) is 11.1 Å². The Morgan fingerprint density at radius 2 is 1.67 bits per heavy atom. The van der Waals surface area contributed by atoms with Crippen molar-refractivity contribution in [1.29, 1.82) is 0 Å². The average molecular weight is 260 g/mol. The van der Waals surface area contributed by atoms with Gasteiger partial charge >= 0.3 is 0 Å². The fourth-order valence-electron chi connectivity index (χ4n) is 1.94. The first-order valence-electron chi connectivity index (χ1n) is 6.16. The van der Waals surface area contributed by atoms with Crippen LogP contribution in [0.3, 0.4) is 0 Å². The minimum absolute atomic E-state index is 0.266. The van der Waals surface area contributed by atoms with Crippen molar-refractivity contribution < 1.29 is 0 Å². The molecule has 0 amide bonds. The van der Waals surface area contributed by atoms with Gasteiger partial charge in [-0.1, -0.05) is 47.5 Å². The zero-order valence-corrected chi connectivity index (χ0v) is 11.8. The second kappa shape index (κ2) is 5.45. The van der Waals surface area contributed by atoms with Gasteiger partial charge in [-0.15, -0.1) is 0 Å². The van der Waals surface area contributed by atoms with Gasteiger partial charge in [-0.3, -0.25) is 0 Å². The Hall–Kier alpha value is -1.47. The molecule has 0 saturated carbocycles. The normalized spacial score (nSPS) is 12.2. The maximum atomic E-state index is 6.12. The Balaban J connectivity index is 2.18. The van der Waals surface area contributed by atoms with Crippen molar-refractivity contribution in [2.45, 2.75) is 26.8 Å². The maximum Gasteiger partial charge on any atom is 0.0485 e. The quantitative estimate of drug-likeness (QED) is 0.806. The molecular formula is C16H18ClN. The largest absolute Gasteiger partial charge is 0.378 e. The average Bonchev–Trinajstić information content (AvgIpc) is 2.36. The fraction of sp³-hybridized carbons (Fsp3) is 0.250. The highest BCUT2D eigenvalue weighted by Gasteiger charge is 2.07. The van der Waals surface area contributed by atoms with Crippen molar-refractivity contribution in [2.75, 3.05) is 5.32 Å². The van der Waals surface area contributed by atoms with Gasteiger partial charge in [0.1, 0.15) is 0 Å². The summed E-state index contributed by atoms with van der Waals surface area (Å²) in [5.74, 6) is 0. The number of nitrogens with one attached hydrogen (secondary N) is 1. The van der Waals surface area contributed by atoms with Crippen LogP contribution in [0.5, 0.6) is 0 Å². The molecule has 1 nitrogen and oxygen atoms in total. The van der Waals surface area contributed by atoms with Crippen molar-refractivity contribution in [3.8, 4) is 0 Å². The highest BCUT2D eigenvalue weighted by Crippen LogP contribution is 2.26. The number of hydrogen-bond acceptors (Lipinski definition) is 1. The second-order valence-electron chi connectivity index (χ2n) is 4.69. The zero-order chi connectivity index (χ0) is 13.1. The van der Waals surface area contributed by atoms with Crippen molar-refractivity contribution >= 4 is 17.3 Å². The van der Waals surface area contributed by atoms with Gasteiger partial charge in [-0.25, -0.2) is 0 Å². The molecular weight excluding hydrogens is 242 g/mol. The summed E-state index contributed by atoms with van der Waals surface area (Å²) in [7, 11) is 0. The first-order valence-corrected chi connectivity index (χ1v) is 6.54. The van der Waals surface area contributed by atoms with Crippen LogP contribution >= 0.6 is 11.6 Å². The number of anilines is 1. The molecule has 2 aromatic rings. The van der Waals surface area contributed by atoms with Crippen molar-refractivity contribution in [3.05, 3.63) is 64.2 Å². The molecule has 0 aliphatic carbocycles. The minimum atomic E-state index is 0.266. The lowest BCUT2D eigenvalue weighted by molar-refractivity contribution is 0.882. The number of benzene rings is 2. The SMILES string of the molecule is Cc1ccc(C(C)Nc2cccc(Cl)c2C)cc1. The second-order valence-corrected chi connectivity index (χ2v) is 5.10. The molecule has 18 heavy (non-hydrogen) atoms. The van der Waals surface area contributed by atoms with Crippen LogP contribution in [0.4, 0.5) is 5.69 Å². The summed E-state index contributed by atoms with van der Waals surface area (Å²) in [4.78, 5) is 0. The van der Waals surface area contributed by atoms with E-state index in [0.29, 0.717) is 0 Å². The first kappa shape index (κ1) is 13.0. The lowest BCUT2D eigenvalue weighted by atomic mass is 10.1. The van der Waals surface area contributed by atoms with E-state index in [4.69, 9.17) is 11.6 Å². The number of rotatable bonds is 3. The molecule has 1 N–H and O–H groups in total. The van der Waals surface area contributed by atoms with Gasteiger partial charge < -0.3 is 5.32 Å². The van der Waals surface area contributed by atoms with Crippen molar-refractivity contribution in [1.82, 2.24) is 0 Å². The van der Waals surface area contributed by atoms with Crippen LogP contribution in [0, 0.1) is 13.8 Å². The molecule has 0 fully saturated rings. The summed E-state index contributed by atoms with van der Waals surface area (Å²) in [5.41, 5.74) is 4.75. The van der Waals surface area contributed by atoms with Crippen LogP contribution in [-0.2, 0) is 0 Å². The number of aryl methyl sites for hydroxylation is 1. The van der Waals surface area contributed by atoms with E-state index in [-0.39, 0.29) is 6.04 Å². The molecule has 0 aromatic heterocycles. The van der Waals surface area contributed by atoms with Crippen LogP contribution in [0.25, 0.3) is 0 Å². The van der Waals surface area contributed by atoms with Gasteiger partial charge in [-0.2, -0.15) is 0 Å². The highest BCUT2D eigenvalue weighted by atomic mass is 35.5. The van der Waals surface area contributed by atoms with E-state index in [9.17, 15) is 0 Å². The molecule has 1 atom stereocenters. The van der Waals surface area contributed by atoms with E-state index in [1.54, 1.807) is 0 Å². The van der Waals surface area contributed by atoms with Gasteiger partial charge in [0.05, 0.1) is 0 Å². The Labute approximate surface area is 114 Å². The first-order chi connectivity index (χ1) is 8.58. The lowest BCUT2D eigenvalue weighted by Gasteiger charge is -2.18. The van der Waals surface area contributed by atoms with E-state index in [1.807, 2.05) is 19.1 Å². The Morgan fingerprint density at radius 1 is 1.00 bits per heavy atom. The van der Waals surface area contributed by atoms with E-state index < -0.39 is 0 Å². The van der Waals surface area contributed by atoms with Crippen LogP contribution in [0.1, 0.15) is 29.7 Å². The molecule has 0 bridgehead atoms. The summed E-state index contributed by atoms with van der Waals surface area (Å²) in [5, 5.41) is 4.30. The highest BCUT2D eigenvalue weighted by molar-refractivity contribution is 6.31. The van der Waals surface area contributed by atoms with Crippen molar-refractivity contribution in [2.24, 2.45) is 0 Å². The summed E-state index contributed by atoms with van der Waals surface area (Å²) < 4.78 is 0. The third-order valence-corrected chi connectivity index (χ3v) is 3.63. The fourth-order valence-corrected chi connectivity index (χ4v) is 2.11. The molecule has 0 heterocycles. The monoisotopic (exact) mass is 259 g/mol. The summed E-state index contributed by atoms with van der Waals surface area (Å²) in [6.07, 6.45) is 0. The summed E-state index contributed by atoms with van der Waals surface area (Å²) >= 11 is 6.12. The molecule has 0 aliphatic heterocycles. The predicted octanol–water partition coefficient (Wildman–Crippen LogP) is 5.13. The molecule has 0 saturated heterocycles. The number of halogens is 1. The Morgan fingerprint density at radius 3 is 2.33 bits per heavy atom.